The summed E-state index contributed by atoms with van der Waals surface area (Å²) in [6.07, 6.45) is 3.79. The Labute approximate surface area is 163 Å². The summed E-state index contributed by atoms with van der Waals surface area (Å²) in [5.74, 6) is -1.93. The molecule has 2 N–H and O–H groups in total. The molecule has 4 nitrogen and oxygen atoms in total. The Balaban J connectivity index is 0. The highest BCUT2D eigenvalue weighted by atomic mass is 19.1. The number of halogens is 1. The summed E-state index contributed by atoms with van der Waals surface area (Å²) in [4.78, 5) is 23.8. The smallest absolute Gasteiger partial charge is 0.201 e. The quantitative estimate of drug-likeness (QED) is 0.537. The fraction of sp³-hybridized carbons (Fsp3) is 0.545. The topological polar surface area (TPSA) is 74.6 Å². The zero-order valence-electron chi connectivity index (χ0n) is 17.9. The van der Waals surface area contributed by atoms with Gasteiger partial charge in [-0.15, -0.1) is 0 Å². The minimum Gasteiger partial charge on any atom is -0.400 e. The lowest BCUT2D eigenvalue weighted by molar-refractivity contribution is -0.126. The van der Waals surface area contributed by atoms with Gasteiger partial charge in [-0.05, 0) is 58.6 Å². The van der Waals surface area contributed by atoms with Crippen molar-refractivity contribution in [1.82, 2.24) is 0 Å². The largest absolute Gasteiger partial charge is 0.400 e. The summed E-state index contributed by atoms with van der Waals surface area (Å²) in [6, 6.07) is 0. The molecule has 0 amide bonds. The molecule has 0 aromatic heterocycles. The maximum absolute atomic E-state index is 13.9. The molecule has 0 bridgehead atoms. The van der Waals surface area contributed by atoms with Crippen molar-refractivity contribution in [2.75, 3.05) is 7.11 Å². The van der Waals surface area contributed by atoms with Gasteiger partial charge in [-0.25, -0.2) is 4.39 Å². The average Bonchev–Trinajstić information content (AvgIpc) is 2.60. The van der Waals surface area contributed by atoms with Gasteiger partial charge < -0.3 is 10.2 Å². The zero-order chi connectivity index (χ0) is 21.7. The minimum atomic E-state index is -1.84. The molecular formula is C22H35FO4. The van der Waals surface area contributed by atoms with Crippen LogP contribution in [-0.2, 0) is 9.59 Å². The van der Waals surface area contributed by atoms with Crippen LogP contribution in [0.2, 0.25) is 0 Å². The highest BCUT2D eigenvalue weighted by Gasteiger charge is 2.33. The number of hydrogen-bond donors (Lipinski definition) is 2. The number of hydrogen-bond acceptors (Lipinski definition) is 4. The van der Waals surface area contributed by atoms with Crippen molar-refractivity contribution in [3.8, 4) is 0 Å². The van der Waals surface area contributed by atoms with Gasteiger partial charge in [0.2, 0.25) is 5.78 Å². The van der Waals surface area contributed by atoms with Crippen molar-refractivity contribution < 1.29 is 24.2 Å². The van der Waals surface area contributed by atoms with E-state index in [4.69, 9.17) is 5.11 Å². The Morgan fingerprint density at radius 3 is 2.04 bits per heavy atom. The second kappa shape index (κ2) is 14.2. The van der Waals surface area contributed by atoms with Gasteiger partial charge in [0.15, 0.2) is 11.9 Å². The van der Waals surface area contributed by atoms with Gasteiger partial charge in [-0.1, -0.05) is 37.1 Å². The van der Waals surface area contributed by atoms with Gasteiger partial charge in [0.05, 0.1) is 5.57 Å². The Kier molecular flexibility index (Phi) is 14.4. The zero-order valence-corrected chi connectivity index (χ0v) is 17.9. The summed E-state index contributed by atoms with van der Waals surface area (Å²) < 4.78 is 13.9. The number of aliphatic hydroxyl groups excluding tert-OH is 2. The number of carbonyl (C=O) groups excluding carboxylic acids is 2. The molecule has 0 spiro atoms. The lowest BCUT2D eigenvalue weighted by Crippen LogP contribution is -2.30. The summed E-state index contributed by atoms with van der Waals surface area (Å²) in [7, 11) is 1.00. The second-order valence-electron chi connectivity index (χ2n) is 7.07. The first-order chi connectivity index (χ1) is 12.5. The minimum absolute atomic E-state index is 0.0928. The van der Waals surface area contributed by atoms with Crippen LogP contribution >= 0.6 is 0 Å². The molecule has 0 aliphatic heterocycles. The monoisotopic (exact) mass is 382 g/mol. The number of ketones is 2. The van der Waals surface area contributed by atoms with Crippen LogP contribution in [0.4, 0.5) is 4.39 Å². The molecule has 0 fully saturated rings. The summed E-state index contributed by atoms with van der Waals surface area (Å²) in [6.45, 7) is 13.7. The van der Waals surface area contributed by atoms with Crippen LogP contribution < -0.4 is 0 Å². The number of rotatable bonds is 5. The fourth-order valence-corrected chi connectivity index (χ4v) is 1.92. The molecular weight excluding hydrogens is 347 g/mol. The molecule has 1 aliphatic rings. The van der Waals surface area contributed by atoms with Gasteiger partial charge in [-0.2, -0.15) is 0 Å². The van der Waals surface area contributed by atoms with Crippen LogP contribution in [0.5, 0.6) is 0 Å². The van der Waals surface area contributed by atoms with E-state index in [0.29, 0.717) is 0 Å². The van der Waals surface area contributed by atoms with E-state index in [-0.39, 0.29) is 35.7 Å². The molecule has 5 heteroatoms. The Hall–Kier alpha value is -1.85. The average molecular weight is 383 g/mol. The van der Waals surface area contributed by atoms with Crippen LogP contribution in [0.25, 0.3) is 0 Å². The predicted octanol–water partition coefficient (Wildman–Crippen LogP) is 4.63. The second-order valence-corrected chi connectivity index (χ2v) is 7.07. The number of Topliss-reactive ketones (excluding diaryl/α,β-unsaturated/α-hetero) is 2. The molecule has 1 aliphatic carbocycles. The van der Waals surface area contributed by atoms with Crippen molar-refractivity contribution >= 4 is 11.6 Å². The molecule has 0 aromatic carbocycles. The van der Waals surface area contributed by atoms with E-state index in [2.05, 4.69) is 19.9 Å². The highest BCUT2D eigenvalue weighted by molar-refractivity contribution is 6.23. The lowest BCUT2D eigenvalue weighted by atomic mass is 9.88. The van der Waals surface area contributed by atoms with Crippen LogP contribution in [0.15, 0.2) is 46.3 Å². The molecule has 0 saturated carbocycles. The van der Waals surface area contributed by atoms with Gasteiger partial charge in [0, 0.05) is 13.5 Å². The van der Waals surface area contributed by atoms with E-state index in [0.717, 1.165) is 12.7 Å². The normalized spacial score (nSPS) is 15.8. The van der Waals surface area contributed by atoms with E-state index in [9.17, 15) is 19.1 Å². The molecule has 0 heterocycles. The maximum atomic E-state index is 13.9. The third-order valence-corrected chi connectivity index (χ3v) is 3.58. The third-order valence-electron chi connectivity index (χ3n) is 3.58. The standard InChI is InChI=1S/C16H21FO3.C5H10.CH4O/c1-9(2)5-6-11-8-12(13(18)7-10(3)4)15(19)16(20)14(11)17;1-4-5(2)3;1-2/h5,8,10,16,20H,6-7H2,1-4H3;4H,1-3H3;2H,1H3. The molecule has 1 rings (SSSR count). The molecule has 27 heavy (non-hydrogen) atoms. The number of aliphatic hydroxyl groups is 2. The van der Waals surface area contributed by atoms with Crippen LogP contribution in [-0.4, -0.2) is 35.0 Å². The Bertz CT molecular complexity index is 614. The van der Waals surface area contributed by atoms with Gasteiger partial charge in [0.25, 0.3) is 0 Å². The van der Waals surface area contributed by atoms with Gasteiger partial charge in [0.1, 0.15) is 5.83 Å². The number of carbonyl (C=O) groups is 2. The fourth-order valence-electron chi connectivity index (χ4n) is 1.92. The van der Waals surface area contributed by atoms with E-state index >= 15 is 0 Å². The Morgan fingerprint density at radius 2 is 1.67 bits per heavy atom. The van der Waals surface area contributed by atoms with Crippen molar-refractivity contribution in [3.63, 3.8) is 0 Å². The molecule has 1 unspecified atom stereocenters. The first-order valence-electron chi connectivity index (χ1n) is 9.04. The van der Waals surface area contributed by atoms with Crippen molar-refractivity contribution in [1.29, 1.82) is 0 Å². The molecule has 154 valence electrons. The SMILES string of the molecule is CC(C)=CCC1=C(F)C(O)C(=O)C(C(=O)CC(C)C)=C1.CC=C(C)C.CO. The van der Waals surface area contributed by atoms with Gasteiger partial charge in [-0.3, -0.25) is 9.59 Å². The van der Waals surface area contributed by atoms with Gasteiger partial charge >= 0.3 is 0 Å². The van der Waals surface area contributed by atoms with E-state index in [1.54, 1.807) is 6.08 Å². The first-order valence-corrected chi connectivity index (χ1v) is 9.04. The van der Waals surface area contributed by atoms with Crippen molar-refractivity contribution in [2.24, 2.45) is 5.92 Å². The molecule has 0 saturated heterocycles. The predicted molar refractivity (Wildman–Crippen MR) is 109 cm³/mol. The van der Waals surface area contributed by atoms with E-state index in [1.165, 1.54) is 11.6 Å². The Morgan fingerprint density at radius 1 is 1.19 bits per heavy atom. The van der Waals surface area contributed by atoms with Crippen LogP contribution in [0, 0.1) is 5.92 Å². The summed E-state index contributed by atoms with van der Waals surface area (Å²) in [5.41, 5.74) is 2.49. The van der Waals surface area contributed by atoms with Crippen molar-refractivity contribution in [2.45, 2.75) is 67.4 Å². The highest BCUT2D eigenvalue weighted by Crippen LogP contribution is 2.27. The molecule has 0 radical (unpaired) electrons. The lowest BCUT2D eigenvalue weighted by Gasteiger charge is -2.18. The molecule has 1 atom stereocenters. The van der Waals surface area contributed by atoms with Crippen LogP contribution in [0.3, 0.4) is 0 Å². The van der Waals surface area contributed by atoms with E-state index in [1.807, 2.05) is 34.6 Å². The van der Waals surface area contributed by atoms with Crippen LogP contribution in [0.1, 0.15) is 61.3 Å². The maximum Gasteiger partial charge on any atom is 0.201 e. The summed E-state index contributed by atoms with van der Waals surface area (Å²) >= 11 is 0. The van der Waals surface area contributed by atoms with E-state index < -0.39 is 17.7 Å². The first kappa shape index (κ1) is 27.4. The summed E-state index contributed by atoms with van der Waals surface area (Å²) in [5, 5.41) is 16.6. The van der Waals surface area contributed by atoms with Crippen molar-refractivity contribution in [3.05, 3.63) is 46.3 Å². The molecule has 0 aromatic rings. The number of allylic oxidation sites excluding steroid dienone is 6. The third kappa shape index (κ3) is 10.8.